The molecule has 1 saturated heterocycles. The lowest BCUT2D eigenvalue weighted by Crippen LogP contribution is -2.32. The van der Waals surface area contributed by atoms with Gasteiger partial charge < -0.3 is 19.9 Å². The molecule has 0 amide bonds. The Bertz CT molecular complexity index is 160. The van der Waals surface area contributed by atoms with E-state index < -0.39 is 6.10 Å². The highest BCUT2D eigenvalue weighted by molar-refractivity contribution is 4.64. The van der Waals surface area contributed by atoms with Gasteiger partial charge in [-0.25, -0.2) is 0 Å². The number of hydrogen-bond acceptors (Lipinski definition) is 4. The van der Waals surface area contributed by atoms with Gasteiger partial charge in [-0.15, -0.1) is 0 Å². The third-order valence-electron chi connectivity index (χ3n) is 2.69. The van der Waals surface area contributed by atoms with Gasteiger partial charge in [0.2, 0.25) is 0 Å². The van der Waals surface area contributed by atoms with Gasteiger partial charge in [-0.05, 0) is 32.2 Å². The smallest absolute Gasteiger partial charge is 0.0897 e. The monoisotopic (exact) mass is 231 g/mol. The van der Waals surface area contributed by atoms with Gasteiger partial charge in [0.05, 0.1) is 25.4 Å². The molecule has 1 fully saturated rings. The molecule has 4 nitrogen and oxygen atoms in total. The van der Waals surface area contributed by atoms with Crippen LogP contribution in [0.2, 0.25) is 0 Å². The fourth-order valence-corrected chi connectivity index (χ4v) is 1.78. The first-order valence-electron chi connectivity index (χ1n) is 6.41. The van der Waals surface area contributed by atoms with Crippen molar-refractivity contribution in [2.45, 2.75) is 44.8 Å². The lowest BCUT2D eigenvalue weighted by molar-refractivity contribution is -0.0565. The number of aliphatic hydroxyl groups excluding tert-OH is 1. The first kappa shape index (κ1) is 13.9. The molecule has 2 unspecified atom stereocenters. The summed E-state index contributed by atoms with van der Waals surface area (Å²) in [5.74, 6) is 0. The van der Waals surface area contributed by atoms with E-state index in [0.29, 0.717) is 19.8 Å². The van der Waals surface area contributed by atoms with Crippen LogP contribution >= 0.6 is 0 Å². The molecule has 0 radical (unpaired) electrons. The summed E-state index contributed by atoms with van der Waals surface area (Å²) in [7, 11) is 0. The summed E-state index contributed by atoms with van der Waals surface area (Å²) >= 11 is 0. The molecule has 0 bridgehead atoms. The molecule has 1 heterocycles. The molecular formula is C12H25NO3. The SMILES string of the molecule is CCCNCC(O)COCC1CCCCO1. The van der Waals surface area contributed by atoms with Gasteiger partial charge in [-0.2, -0.15) is 0 Å². The van der Waals surface area contributed by atoms with Gasteiger partial charge in [0, 0.05) is 13.2 Å². The Morgan fingerprint density at radius 3 is 3.06 bits per heavy atom. The van der Waals surface area contributed by atoms with Crippen LogP contribution in [-0.2, 0) is 9.47 Å². The Morgan fingerprint density at radius 2 is 2.38 bits per heavy atom. The molecule has 1 aliphatic rings. The molecule has 16 heavy (non-hydrogen) atoms. The van der Waals surface area contributed by atoms with E-state index in [9.17, 15) is 5.11 Å². The molecule has 4 heteroatoms. The molecule has 0 spiro atoms. The fourth-order valence-electron chi connectivity index (χ4n) is 1.78. The Labute approximate surface area is 98.3 Å². The maximum Gasteiger partial charge on any atom is 0.0897 e. The van der Waals surface area contributed by atoms with Gasteiger partial charge in [-0.1, -0.05) is 6.92 Å². The van der Waals surface area contributed by atoms with Crippen LogP contribution in [0.5, 0.6) is 0 Å². The first-order chi connectivity index (χ1) is 7.83. The van der Waals surface area contributed by atoms with Crippen molar-refractivity contribution >= 4 is 0 Å². The maximum atomic E-state index is 9.58. The zero-order valence-electron chi connectivity index (χ0n) is 10.3. The van der Waals surface area contributed by atoms with E-state index in [2.05, 4.69) is 12.2 Å². The third-order valence-corrected chi connectivity index (χ3v) is 2.69. The molecule has 0 aromatic carbocycles. The second-order valence-electron chi connectivity index (χ2n) is 4.38. The van der Waals surface area contributed by atoms with E-state index in [1.807, 2.05) is 0 Å². The lowest BCUT2D eigenvalue weighted by atomic mass is 10.1. The standard InChI is InChI=1S/C12H25NO3/c1-2-6-13-8-11(14)9-15-10-12-5-3-4-7-16-12/h11-14H,2-10H2,1H3. The van der Waals surface area contributed by atoms with Gasteiger partial charge in [0.15, 0.2) is 0 Å². The molecule has 96 valence electrons. The minimum Gasteiger partial charge on any atom is -0.389 e. The molecule has 0 aromatic rings. The molecule has 1 aliphatic heterocycles. The molecule has 2 N–H and O–H groups in total. The van der Waals surface area contributed by atoms with E-state index in [-0.39, 0.29) is 6.10 Å². The first-order valence-corrected chi connectivity index (χ1v) is 6.41. The van der Waals surface area contributed by atoms with Crippen molar-refractivity contribution < 1.29 is 14.6 Å². The number of rotatable bonds is 8. The van der Waals surface area contributed by atoms with E-state index in [1.54, 1.807) is 0 Å². The summed E-state index contributed by atoms with van der Waals surface area (Å²) in [5, 5.41) is 12.7. The maximum absolute atomic E-state index is 9.58. The Morgan fingerprint density at radius 1 is 1.50 bits per heavy atom. The zero-order valence-corrected chi connectivity index (χ0v) is 10.3. The van der Waals surface area contributed by atoms with E-state index in [1.165, 1.54) is 12.8 Å². The fraction of sp³-hybridized carbons (Fsp3) is 1.00. The minimum absolute atomic E-state index is 0.240. The van der Waals surface area contributed by atoms with Crippen molar-refractivity contribution in [1.29, 1.82) is 0 Å². The van der Waals surface area contributed by atoms with Gasteiger partial charge >= 0.3 is 0 Å². The van der Waals surface area contributed by atoms with Crippen LogP contribution < -0.4 is 5.32 Å². The van der Waals surface area contributed by atoms with Gasteiger partial charge in [0.1, 0.15) is 0 Å². The second-order valence-corrected chi connectivity index (χ2v) is 4.38. The van der Waals surface area contributed by atoms with Crippen molar-refractivity contribution in [3.8, 4) is 0 Å². The van der Waals surface area contributed by atoms with Crippen LogP contribution in [0.1, 0.15) is 32.6 Å². The summed E-state index contributed by atoms with van der Waals surface area (Å²) in [6.07, 6.45) is 4.40. The summed E-state index contributed by atoms with van der Waals surface area (Å²) in [6, 6.07) is 0. The largest absolute Gasteiger partial charge is 0.389 e. The number of ether oxygens (including phenoxy) is 2. The number of nitrogens with one attached hydrogen (secondary N) is 1. The van der Waals surface area contributed by atoms with Crippen molar-refractivity contribution in [1.82, 2.24) is 5.32 Å². The quantitative estimate of drug-likeness (QED) is 0.610. The van der Waals surface area contributed by atoms with Crippen LogP contribution in [0.15, 0.2) is 0 Å². The summed E-state index contributed by atoms with van der Waals surface area (Å²) in [4.78, 5) is 0. The van der Waals surface area contributed by atoms with Crippen LogP contribution in [0, 0.1) is 0 Å². The Kier molecular flexibility index (Phi) is 7.76. The number of aliphatic hydroxyl groups is 1. The summed E-state index contributed by atoms with van der Waals surface area (Å²) in [6.45, 7) is 5.54. The van der Waals surface area contributed by atoms with E-state index in [0.717, 1.165) is 26.0 Å². The predicted molar refractivity (Wildman–Crippen MR) is 63.6 cm³/mol. The van der Waals surface area contributed by atoms with Crippen molar-refractivity contribution in [2.75, 3.05) is 32.9 Å². The molecular weight excluding hydrogens is 206 g/mol. The molecule has 2 atom stereocenters. The van der Waals surface area contributed by atoms with Crippen LogP contribution in [-0.4, -0.2) is 50.2 Å². The highest BCUT2D eigenvalue weighted by Crippen LogP contribution is 2.12. The highest BCUT2D eigenvalue weighted by atomic mass is 16.5. The number of hydrogen-bond donors (Lipinski definition) is 2. The zero-order chi connectivity index (χ0) is 11.6. The van der Waals surface area contributed by atoms with Crippen LogP contribution in [0.4, 0.5) is 0 Å². The van der Waals surface area contributed by atoms with E-state index in [4.69, 9.17) is 9.47 Å². The highest BCUT2D eigenvalue weighted by Gasteiger charge is 2.14. The van der Waals surface area contributed by atoms with Crippen LogP contribution in [0.3, 0.4) is 0 Å². The van der Waals surface area contributed by atoms with Gasteiger partial charge in [-0.3, -0.25) is 0 Å². The van der Waals surface area contributed by atoms with Crippen molar-refractivity contribution in [3.63, 3.8) is 0 Å². The average molecular weight is 231 g/mol. The molecule has 0 aromatic heterocycles. The molecule has 1 rings (SSSR count). The second kappa shape index (κ2) is 8.93. The average Bonchev–Trinajstić information content (AvgIpc) is 2.31. The Hall–Kier alpha value is -0.160. The van der Waals surface area contributed by atoms with Crippen LogP contribution in [0.25, 0.3) is 0 Å². The normalized spacial score (nSPS) is 23.2. The topological polar surface area (TPSA) is 50.7 Å². The summed E-state index contributed by atoms with van der Waals surface area (Å²) < 4.78 is 11.0. The Balaban J connectivity index is 1.92. The third kappa shape index (κ3) is 6.43. The minimum atomic E-state index is -0.407. The van der Waals surface area contributed by atoms with Crippen molar-refractivity contribution in [2.24, 2.45) is 0 Å². The van der Waals surface area contributed by atoms with E-state index >= 15 is 0 Å². The van der Waals surface area contributed by atoms with Gasteiger partial charge in [0.25, 0.3) is 0 Å². The predicted octanol–water partition coefficient (Wildman–Crippen LogP) is 0.933. The summed E-state index contributed by atoms with van der Waals surface area (Å²) in [5.41, 5.74) is 0. The molecule has 0 saturated carbocycles. The van der Waals surface area contributed by atoms with Crippen molar-refractivity contribution in [3.05, 3.63) is 0 Å². The lowest BCUT2D eigenvalue weighted by Gasteiger charge is -2.23. The molecule has 0 aliphatic carbocycles.